The second-order valence-electron chi connectivity index (χ2n) is 5.46. The smallest absolute Gasteiger partial charge is 0.329 e. The van der Waals surface area contributed by atoms with E-state index in [0.29, 0.717) is 16.5 Å². The second kappa shape index (κ2) is 8.68. The quantitative estimate of drug-likeness (QED) is 0.659. The van der Waals surface area contributed by atoms with Crippen molar-refractivity contribution >= 4 is 35.1 Å². The van der Waals surface area contributed by atoms with Crippen molar-refractivity contribution in [3.63, 3.8) is 0 Å². The highest BCUT2D eigenvalue weighted by Crippen LogP contribution is 2.35. The van der Waals surface area contributed by atoms with E-state index < -0.39 is 18.5 Å². The van der Waals surface area contributed by atoms with Gasteiger partial charge in [0.1, 0.15) is 12.4 Å². The molecule has 1 aromatic carbocycles. The Kier molecular flexibility index (Phi) is 6.60. The zero-order valence-corrected chi connectivity index (χ0v) is 14.4. The highest BCUT2D eigenvalue weighted by atomic mass is 35.5. The lowest BCUT2D eigenvalue weighted by Gasteiger charge is -2.19. The van der Waals surface area contributed by atoms with E-state index in [1.165, 1.54) is 12.0 Å². The SMILES string of the molecule is COc1ccc(Cl)cc1N1CC(C(=O)NCCOCC(=O)O)CC1=O. The number of benzene rings is 1. The molecular formula is C16H19ClN2O6. The van der Waals surface area contributed by atoms with Gasteiger partial charge in [-0.2, -0.15) is 0 Å². The first-order chi connectivity index (χ1) is 11.9. The van der Waals surface area contributed by atoms with Crippen molar-refractivity contribution in [2.24, 2.45) is 5.92 Å². The van der Waals surface area contributed by atoms with Crippen LogP contribution < -0.4 is 15.0 Å². The molecule has 1 aliphatic heterocycles. The number of carbonyl (C=O) groups is 3. The molecule has 0 aromatic heterocycles. The molecule has 1 heterocycles. The van der Waals surface area contributed by atoms with Gasteiger partial charge in [-0.05, 0) is 18.2 Å². The van der Waals surface area contributed by atoms with Gasteiger partial charge in [0.2, 0.25) is 11.8 Å². The molecule has 0 saturated carbocycles. The Bertz CT molecular complexity index is 666. The summed E-state index contributed by atoms with van der Waals surface area (Å²) in [5.74, 6) is -1.55. The summed E-state index contributed by atoms with van der Waals surface area (Å²) in [7, 11) is 1.49. The predicted octanol–water partition coefficient (Wildman–Crippen LogP) is 0.919. The third-order valence-corrected chi connectivity index (χ3v) is 3.93. The third-order valence-electron chi connectivity index (χ3n) is 3.70. The third kappa shape index (κ3) is 5.07. The lowest BCUT2D eigenvalue weighted by atomic mass is 10.1. The summed E-state index contributed by atoms with van der Waals surface area (Å²) in [4.78, 5) is 36.2. The van der Waals surface area contributed by atoms with Gasteiger partial charge in [-0.3, -0.25) is 9.59 Å². The molecule has 0 spiro atoms. The molecule has 0 aliphatic carbocycles. The molecule has 1 saturated heterocycles. The number of carbonyl (C=O) groups excluding carboxylic acids is 2. The highest BCUT2D eigenvalue weighted by molar-refractivity contribution is 6.31. The van der Waals surface area contributed by atoms with Gasteiger partial charge in [-0.1, -0.05) is 11.6 Å². The number of hydrogen-bond acceptors (Lipinski definition) is 5. The predicted molar refractivity (Wildman–Crippen MR) is 89.9 cm³/mol. The standard InChI is InChI=1S/C16H19ClN2O6/c1-24-13-3-2-11(17)7-12(13)19-8-10(6-14(19)20)16(23)18-4-5-25-9-15(21)22/h2-3,7,10H,4-6,8-9H2,1H3,(H,18,23)(H,21,22). The van der Waals surface area contributed by atoms with E-state index >= 15 is 0 Å². The molecule has 2 amide bonds. The van der Waals surface area contributed by atoms with Crippen LogP contribution >= 0.6 is 11.6 Å². The van der Waals surface area contributed by atoms with E-state index in [0.717, 1.165) is 0 Å². The van der Waals surface area contributed by atoms with Gasteiger partial charge < -0.3 is 24.8 Å². The van der Waals surface area contributed by atoms with E-state index in [-0.39, 0.29) is 37.9 Å². The average molecular weight is 371 g/mol. The van der Waals surface area contributed by atoms with Gasteiger partial charge in [0.25, 0.3) is 0 Å². The Balaban J connectivity index is 1.92. The molecule has 25 heavy (non-hydrogen) atoms. The van der Waals surface area contributed by atoms with Gasteiger partial charge in [-0.15, -0.1) is 0 Å². The number of methoxy groups -OCH3 is 1. The van der Waals surface area contributed by atoms with E-state index in [1.54, 1.807) is 18.2 Å². The van der Waals surface area contributed by atoms with E-state index in [9.17, 15) is 14.4 Å². The number of carboxylic acid groups (broad SMARTS) is 1. The van der Waals surface area contributed by atoms with Crippen molar-refractivity contribution in [2.75, 3.05) is 38.3 Å². The highest BCUT2D eigenvalue weighted by Gasteiger charge is 2.36. The lowest BCUT2D eigenvalue weighted by molar-refractivity contribution is -0.142. The zero-order valence-electron chi connectivity index (χ0n) is 13.7. The van der Waals surface area contributed by atoms with Gasteiger partial charge in [0.05, 0.1) is 25.3 Å². The van der Waals surface area contributed by atoms with Gasteiger partial charge in [0, 0.05) is 24.5 Å². The Hall–Kier alpha value is -2.32. The summed E-state index contributed by atoms with van der Waals surface area (Å²) >= 11 is 5.99. The van der Waals surface area contributed by atoms with Gasteiger partial charge in [-0.25, -0.2) is 4.79 Å². The maximum absolute atomic E-state index is 12.3. The second-order valence-corrected chi connectivity index (χ2v) is 5.90. The lowest BCUT2D eigenvalue weighted by Crippen LogP contribution is -2.35. The zero-order chi connectivity index (χ0) is 18.4. The molecule has 2 rings (SSSR count). The summed E-state index contributed by atoms with van der Waals surface area (Å²) in [5.41, 5.74) is 0.528. The number of rotatable bonds is 8. The van der Waals surface area contributed by atoms with Crippen molar-refractivity contribution < 1.29 is 29.0 Å². The fraction of sp³-hybridized carbons (Fsp3) is 0.438. The summed E-state index contributed by atoms with van der Waals surface area (Å²) < 4.78 is 10.1. The maximum atomic E-state index is 12.3. The van der Waals surface area contributed by atoms with Gasteiger partial charge in [0.15, 0.2) is 0 Å². The van der Waals surface area contributed by atoms with Crippen LogP contribution in [-0.4, -0.2) is 56.3 Å². The van der Waals surface area contributed by atoms with Crippen LogP contribution in [0.15, 0.2) is 18.2 Å². The molecule has 0 bridgehead atoms. The minimum Gasteiger partial charge on any atom is -0.495 e. The molecule has 1 atom stereocenters. The van der Waals surface area contributed by atoms with Crippen LogP contribution in [0.5, 0.6) is 5.75 Å². The number of nitrogens with one attached hydrogen (secondary N) is 1. The molecule has 1 aliphatic rings. The van der Waals surface area contributed by atoms with Crippen LogP contribution in [0.4, 0.5) is 5.69 Å². The first kappa shape index (κ1) is 19.0. The van der Waals surface area contributed by atoms with Crippen molar-refractivity contribution in [1.29, 1.82) is 0 Å². The summed E-state index contributed by atoms with van der Waals surface area (Å²) in [6.45, 7) is 0.0688. The van der Waals surface area contributed by atoms with Crippen molar-refractivity contribution in [2.45, 2.75) is 6.42 Å². The van der Waals surface area contributed by atoms with Crippen LogP contribution in [0, 0.1) is 5.92 Å². The summed E-state index contributed by atoms with van der Waals surface area (Å²) in [6.07, 6.45) is 0.0808. The first-order valence-electron chi connectivity index (χ1n) is 7.63. The maximum Gasteiger partial charge on any atom is 0.329 e. The molecule has 2 N–H and O–H groups in total. The van der Waals surface area contributed by atoms with Crippen LogP contribution in [0.25, 0.3) is 0 Å². The Morgan fingerprint density at radius 2 is 2.20 bits per heavy atom. The Labute approximate surface area is 149 Å². The molecule has 1 unspecified atom stereocenters. The normalized spacial score (nSPS) is 16.8. The van der Waals surface area contributed by atoms with E-state index in [1.807, 2.05) is 0 Å². The fourth-order valence-electron chi connectivity index (χ4n) is 2.54. The minimum atomic E-state index is -1.07. The number of carboxylic acids is 1. The Morgan fingerprint density at radius 3 is 2.88 bits per heavy atom. The number of nitrogens with zero attached hydrogens (tertiary/aromatic N) is 1. The van der Waals surface area contributed by atoms with Gasteiger partial charge >= 0.3 is 5.97 Å². The van der Waals surface area contributed by atoms with Crippen LogP contribution in [0.3, 0.4) is 0 Å². The monoisotopic (exact) mass is 370 g/mol. The van der Waals surface area contributed by atoms with Crippen LogP contribution in [0.2, 0.25) is 5.02 Å². The molecule has 136 valence electrons. The molecule has 9 heteroatoms. The van der Waals surface area contributed by atoms with E-state index in [4.69, 9.17) is 26.2 Å². The van der Waals surface area contributed by atoms with Crippen molar-refractivity contribution in [3.8, 4) is 5.75 Å². The average Bonchev–Trinajstić information content (AvgIpc) is 2.96. The number of halogens is 1. The molecule has 0 radical (unpaired) electrons. The molecule has 1 aromatic rings. The largest absolute Gasteiger partial charge is 0.495 e. The number of amides is 2. The molecule has 1 fully saturated rings. The number of anilines is 1. The first-order valence-corrected chi connectivity index (χ1v) is 8.01. The van der Waals surface area contributed by atoms with Crippen molar-refractivity contribution in [3.05, 3.63) is 23.2 Å². The van der Waals surface area contributed by atoms with E-state index in [2.05, 4.69) is 5.32 Å². The van der Waals surface area contributed by atoms with Crippen LogP contribution in [-0.2, 0) is 19.1 Å². The fourth-order valence-corrected chi connectivity index (χ4v) is 2.71. The molecular weight excluding hydrogens is 352 g/mol. The molecule has 8 nitrogen and oxygen atoms in total. The topological polar surface area (TPSA) is 105 Å². The number of aliphatic carboxylic acids is 1. The van der Waals surface area contributed by atoms with Crippen molar-refractivity contribution in [1.82, 2.24) is 5.32 Å². The Morgan fingerprint density at radius 1 is 1.44 bits per heavy atom. The summed E-state index contributed by atoms with van der Waals surface area (Å²) in [6, 6.07) is 4.95. The van der Waals surface area contributed by atoms with Crippen LogP contribution in [0.1, 0.15) is 6.42 Å². The minimum absolute atomic E-state index is 0.0808. The number of ether oxygens (including phenoxy) is 2. The summed E-state index contributed by atoms with van der Waals surface area (Å²) in [5, 5.41) is 11.6. The number of hydrogen-bond donors (Lipinski definition) is 2.